The number of aliphatic hydroxyl groups is 1. The van der Waals surface area contributed by atoms with Gasteiger partial charge in [0.25, 0.3) is 0 Å². The number of nitrogens with one attached hydrogen (secondary N) is 1. The van der Waals surface area contributed by atoms with E-state index in [9.17, 15) is 5.11 Å². The van der Waals surface area contributed by atoms with Crippen LogP contribution in [0.2, 0.25) is 0 Å². The molecule has 1 aromatic rings. The molecule has 0 spiro atoms. The SMILES string of the molecule is CNCc1ccc(Br)cc1N(C)C(C)CO. The fraction of sp³-hybridized carbons (Fsp3) is 0.500. The maximum atomic E-state index is 9.19. The number of nitrogens with zero attached hydrogens (tertiary/aromatic N) is 1. The third kappa shape index (κ3) is 3.20. The van der Waals surface area contributed by atoms with Gasteiger partial charge in [0, 0.05) is 29.8 Å². The van der Waals surface area contributed by atoms with Crippen molar-refractivity contribution in [2.45, 2.75) is 19.5 Å². The second-order valence-electron chi connectivity index (χ2n) is 3.95. The van der Waals surface area contributed by atoms with Crippen LogP contribution in [0.25, 0.3) is 0 Å². The number of aliphatic hydroxyl groups excluding tert-OH is 1. The van der Waals surface area contributed by atoms with E-state index >= 15 is 0 Å². The number of halogens is 1. The molecule has 0 aliphatic heterocycles. The largest absolute Gasteiger partial charge is 0.394 e. The lowest BCUT2D eigenvalue weighted by molar-refractivity contribution is 0.270. The average Bonchev–Trinajstić information content (AvgIpc) is 2.29. The van der Waals surface area contributed by atoms with Crippen molar-refractivity contribution in [1.82, 2.24) is 5.32 Å². The summed E-state index contributed by atoms with van der Waals surface area (Å²) in [6.45, 7) is 2.98. The molecule has 0 fully saturated rings. The van der Waals surface area contributed by atoms with Crippen molar-refractivity contribution in [2.24, 2.45) is 0 Å². The smallest absolute Gasteiger partial charge is 0.0632 e. The first kappa shape index (κ1) is 13.5. The number of likely N-dealkylation sites (N-methyl/N-ethyl adjacent to an activating group) is 1. The van der Waals surface area contributed by atoms with Gasteiger partial charge in [-0.3, -0.25) is 0 Å². The lowest BCUT2D eigenvalue weighted by Crippen LogP contribution is -2.32. The standard InChI is InChI=1S/C12H19BrN2O/c1-9(8-16)15(3)12-6-11(13)5-4-10(12)7-14-2/h4-6,9,14,16H,7-8H2,1-3H3. The van der Waals surface area contributed by atoms with E-state index < -0.39 is 0 Å². The van der Waals surface area contributed by atoms with Crippen molar-refractivity contribution in [3.8, 4) is 0 Å². The molecule has 1 aromatic carbocycles. The lowest BCUT2D eigenvalue weighted by Gasteiger charge is -2.28. The minimum absolute atomic E-state index is 0.116. The van der Waals surface area contributed by atoms with Gasteiger partial charge >= 0.3 is 0 Å². The van der Waals surface area contributed by atoms with Gasteiger partial charge in [-0.15, -0.1) is 0 Å². The van der Waals surface area contributed by atoms with E-state index in [2.05, 4.69) is 38.3 Å². The summed E-state index contributed by atoms with van der Waals surface area (Å²) in [5, 5.41) is 12.3. The zero-order chi connectivity index (χ0) is 12.1. The van der Waals surface area contributed by atoms with Gasteiger partial charge in [-0.25, -0.2) is 0 Å². The molecule has 1 rings (SSSR count). The second kappa shape index (κ2) is 6.23. The maximum absolute atomic E-state index is 9.19. The zero-order valence-corrected chi connectivity index (χ0v) is 11.6. The highest BCUT2D eigenvalue weighted by molar-refractivity contribution is 9.10. The van der Waals surface area contributed by atoms with Crippen molar-refractivity contribution in [3.63, 3.8) is 0 Å². The van der Waals surface area contributed by atoms with Crippen LogP contribution in [0, 0.1) is 0 Å². The molecule has 0 aliphatic carbocycles. The molecule has 0 bridgehead atoms. The van der Waals surface area contributed by atoms with Crippen molar-refractivity contribution in [3.05, 3.63) is 28.2 Å². The van der Waals surface area contributed by atoms with Crippen molar-refractivity contribution < 1.29 is 5.11 Å². The van der Waals surface area contributed by atoms with Gasteiger partial charge in [-0.05, 0) is 31.7 Å². The van der Waals surface area contributed by atoms with Crippen LogP contribution in [0.4, 0.5) is 5.69 Å². The van der Waals surface area contributed by atoms with E-state index in [-0.39, 0.29) is 12.6 Å². The van der Waals surface area contributed by atoms with E-state index in [1.54, 1.807) is 0 Å². The Kier molecular flexibility index (Phi) is 5.25. The molecule has 0 amide bonds. The molecule has 0 heterocycles. The van der Waals surface area contributed by atoms with E-state index in [1.807, 2.05) is 27.1 Å². The van der Waals surface area contributed by atoms with E-state index in [0.29, 0.717) is 0 Å². The minimum atomic E-state index is 0.116. The highest BCUT2D eigenvalue weighted by Crippen LogP contribution is 2.25. The van der Waals surface area contributed by atoms with E-state index in [4.69, 9.17) is 0 Å². The monoisotopic (exact) mass is 286 g/mol. The second-order valence-corrected chi connectivity index (χ2v) is 4.86. The molecule has 0 saturated carbocycles. The third-order valence-electron chi connectivity index (χ3n) is 2.72. The molecule has 4 heteroatoms. The molecule has 0 aliphatic rings. The van der Waals surface area contributed by atoms with Crippen molar-refractivity contribution >= 4 is 21.6 Å². The first-order valence-electron chi connectivity index (χ1n) is 5.36. The highest BCUT2D eigenvalue weighted by atomic mass is 79.9. The number of hydrogen-bond donors (Lipinski definition) is 2. The summed E-state index contributed by atoms with van der Waals surface area (Å²) in [5.74, 6) is 0. The van der Waals surface area contributed by atoms with E-state index in [1.165, 1.54) is 5.56 Å². The van der Waals surface area contributed by atoms with E-state index in [0.717, 1.165) is 16.7 Å². The molecule has 3 nitrogen and oxygen atoms in total. The number of rotatable bonds is 5. The summed E-state index contributed by atoms with van der Waals surface area (Å²) in [4.78, 5) is 2.09. The molecular formula is C12H19BrN2O. The highest BCUT2D eigenvalue weighted by Gasteiger charge is 2.12. The number of benzene rings is 1. The van der Waals surface area contributed by atoms with Crippen molar-refractivity contribution in [2.75, 3.05) is 25.6 Å². The molecule has 2 N–H and O–H groups in total. The Bertz CT molecular complexity index is 344. The summed E-state index contributed by atoms with van der Waals surface area (Å²) < 4.78 is 1.05. The predicted molar refractivity (Wildman–Crippen MR) is 71.9 cm³/mol. The zero-order valence-electron chi connectivity index (χ0n) is 10.00. The van der Waals surface area contributed by atoms with Gasteiger partial charge in [-0.2, -0.15) is 0 Å². The normalized spacial score (nSPS) is 12.6. The summed E-state index contributed by atoms with van der Waals surface area (Å²) in [6, 6.07) is 6.33. The van der Waals surface area contributed by atoms with Crippen molar-refractivity contribution in [1.29, 1.82) is 0 Å². The third-order valence-corrected chi connectivity index (χ3v) is 3.21. The molecule has 1 unspecified atom stereocenters. The van der Waals surface area contributed by atoms with Gasteiger partial charge in [0.15, 0.2) is 0 Å². The Hall–Kier alpha value is -0.580. The summed E-state index contributed by atoms with van der Waals surface area (Å²) >= 11 is 3.48. The molecular weight excluding hydrogens is 268 g/mol. The number of anilines is 1. The first-order valence-corrected chi connectivity index (χ1v) is 6.16. The topological polar surface area (TPSA) is 35.5 Å². The lowest BCUT2D eigenvalue weighted by atomic mass is 10.1. The Morgan fingerprint density at radius 2 is 2.19 bits per heavy atom. The van der Waals surface area contributed by atoms with Crippen LogP contribution in [-0.2, 0) is 6.54 Å². The molecule has 90 valence electrons. The minimum Gasteiger partial charge on any atom is -0.394 e. The van der Waals surface area contributed by atoms with Crippen LogP contribution in [0.1, 0.15) is 12.5 Å². The van der Waals surface area contributed by atoms with Crippen LogP contribution in [0.15, 0.2) is 22.7 Å². The molecule has 0 aromatic heterocycles. The maximum Gasteiger partial charge on any atom is 0.0632 e. The molecule has 0 saturated heterocycles. The van der Waals surface area contributed by atoms with Gasteiger partial charge in [-0.1, -0.05) is 22.0 Å². The van der Waals surface area contributed by atoms with Crippen LogP contribution in [0.5, 0.6) is 0 Å². The van der Waals surface area contributed by atoms with Crippen LogP contribution in [0.3, 0.4) is 0 Å². The molecule has 16 heavy (non-hydrogen) atoms. The van der Waals surface area contributed by atoms with Gasteiger partial charge in [0.05, 0.1) is 6.61 Å². The fourth-order valence-electron chi connectivity index (χ4n) is 1.57. The van der Waals surface area contributed by atoms with Crippen LogP contribution < -0.4 is 10.2 Å². The van der Waals surface area contributed by atoms with Gasteiger partial charge < -0.3 is 15.3 Å². The average molecular weight is 287 g/mol. The Labute approximate surface area is 106 Å². The molecule has 1 atom stereocenters. The van der Waals surface area contributed by atoms with Gasteiger partial charge in [0.1, 0.15) is 0 Å². The van der Waals surface area contributed by atoms with Gasteiger partial charge in [0.2, 0.25) is 0 Å². The quantitative estimate of drug-likeness (QED) is 0.869. The Morgan fingerprint density at radius 1 is 1.50 bits per heavy atom. The Balaban J connectivity index is 3.03. The first-order chi connectivity index (χ1) is 7.60. The molecule has 0 radical (unpaired) electrons. The summed E-state index contributed by atoms with van der Waals surface area (Å²) in [5.41, 5.74) is 2.37. The fourth-order valence-corrected chi connectivity index (χ4v) is 1.91. The Morgan fingerprint density at radius 3 is 2.75 bits per heavy atom. The summed E-state index contributed by atoms with van der Waals surface area (Å²) in [7, 11) is 3.93. The van der Waals surface area contributed by atoms with Crippen LogP contribution >= 0.6 is 15.9 Å². The van der Waals surface area contributed by atoms with Crippen LogP contribution in [-0.4, -0.2) is 31.9 Å². The predicted octanol–water partition coefficient (Wildman–Crippen LogP) is 1.99. The number of hydrogen-bond acceptors (Lipinski definition) is 3. The summed E-state index contributed by atoms with van der Waals surface area (Å²) in [6.07, 6.45) is 0.